The van der Waals surface area contributed by atoms with Gasteiger partial charge >= 0.3 is 0 Å². The van der Waals surface area contributed by atoms with Crippen molar-refractivity contribution in [3.63, 3.8) is 0 Å². The smallest absolute Gasteiger partial charge is 0.224 e. The number of carbonyl (C=O) groups excluding carboxylic acids is 1. The van der Waals surface area contributed by atoms with Crippen LogP contribution in [0.3, 0.4) is 0 Å². The fraction of sp³-hybridized carbons (Fsp3) is 0.500. The minimum absolute atomic E-state index is 0.0132. The second kappa shape index (κ2) is 9.78. The van der Waals surface area contributed by atoms with E-state index in [1.54, 1.807) is 19.2 Å². The van der Waals surface area contributed by atoms with E-state index in [1.807, 2.05) is 12.1 Å². The van der Waals surface area contributed by atoms with Gasteiger partial charge in [-0.3, -0.25) is 4.79 Å². The van der Waals surface area contributed by atoms with E-state index in [1.165, 1.54) is 0 Å². The molecule has 1 aromatic rings. The van der Waals surface area contributed by atoms with Gasteiger partial charge in [0.2, 0.25) is 5.91 Å². The first-order valence-corrected chi connectivity index (χ1v) is 6.68. The van der Waals surface area contributed by atoms with Crippen LogP contribution < -0.4 is 5.32 Å². The van der Waals surface area contributed by atoms with Crippen LogP contribution in [-0.2, 0) is 20.7 Å². The second-order valence-corrected chi connectivity index (χ2v) is 4.55. The van der Waals surface area contributed by atoms with Crippen LogP contribution >= 0.6 is 11.6 Å². The van der Waals surface area contributed by atoms with E-state index in [2.05, 4.69) is 5.32 Å². The molecule has 0 radical (unpaired) electrons. The van der Waals surface area contributed by atoms with E-state index in [-0.39, 0.29) is 5.91 Å². The maximum atomic E-state index is 11.6. The van der Waals surface area contributed by atoms with Crippen molar-refractivity contribution in [2.45, 2.75) is 12.8 Å². The third-order valence-electron chi connectivity index (χ3n) is 2.50. The summed E-state index contributed by atoms with van der Waals surface area (Å²) in [5.74, 6) is 0.0132. The Morgan fingerprint density at radius 3 is 2.63 bits per heavy atom. The molecule has 0 atom stereocenters. The molecule has 0 aromatic heterocycles. The Bertz CT molecular complexity index is 367. The lowest BCUT2D eigenvalue weighted by Crippen LogP contribution is -2.26. The zero-order valence-corrected chi connectivity index (χ0v) is 11.9. The SMILES string of the molecule is COCCOCCCNC(=O)Cc1ccc(Cl)cc1. The molecule has 1 amide bonds. The lowest BCUT2D eigenvalue weighted by Gasteiger charge is -2.06. The molecule has 19 heavy (non-hydrogen) atoms. The van der Waals surface area contributed by atoms with E-state index in [4.69, 9.17) is 21.1 Å². The van der Waals surface area contributed by atoms with Gasteiger partial charge in [-0.15, -0.1) is 0 Å². The van der Waals surface area contributed by atoms with Crippen LogP contribution in [-0.4, -0.2) is 39.4 Å². The summed E-state index contributed by atoms with van der Waals surface area (Å²) >= 11 is 5.78. The number of halogens is 1. The number of nitrogens with one attached hydrogen (secondary N) is 1. The van der Waals surface area contributed by atoms with Gasteiger partial charge < -0.3 is 14.8 Å². The van der Waals surface area contributed by atoms with Crippen molar-refractivity contribution in [1.82, 2.24) is 5.32 Å². The molecule has 0 bridgehead atoms. The first kappa shape index (κ1) is 16.0. The molecule has 0 aliphatic rings. The van der Waals surface area contributed by atoms with Crippen LogP contribution in [0.2, 0.25) is 5.02 Å². The van der Waals surface area contributed by atoms with Gasteiger partial charge in [0.15, 0.2) is 0 Å². The topological polar surface area (TPSA) is 47.6 Å². The highest BCUT2D eigenvalue weighted by Gasteiger charge is 2.02. The second-order valence-electron chi connectivity index (χ2n) is 4.11. The monoisotopic (exact) mass is 285 g/mol. The Morgan fingerprint density at radius 1 is 1.21 bits per heavy atom. The highest BCUT2D eigenvalue weighted by Crippen LogP contribution is 2.09. The van der Waals surface area contributed by atoms with Gasteiger partial charge in [-0.1, -0.05) is 23.7 Å². The maximum absolute atomic E-state index is 11.6. The van der Waals surface area contributed by atoms with Gasteiger partial charge in [0.1, 0.15) is 0 Å². The molecule has 1 N–H and O–H groups in total. The van der Waals surface area contributed by atoms with E-state index < -0.39 is 0 Å². The van der Waals surface area contributed by atoms with Crippen molar-refractivity contribution in [2.24, 2.45) is 0 Å². The molecule has 0 fully saturated rings. The summed E-state index contributed by atoms with van der Waals surface area (Å²) in [7, 11) is 1.64. The van der Waals surface area contributed by atoms with Crippen molar-refractivity contribution >= 4 is 17.5 Å². The number of hydrogen-bond acceptors (Lipinski definition) is 3. The van der Waals surface area contributed by atoms with E-state index in [0.717, 1.165) is 12.0 Å². The average molecular weight is 286 g/mol. The summed E-state index contributed by atoms with van der Waals surface area (Å²) < 4.78 is 10.2. The Morgan fingerprint density at radius 2 is 1.95 bits per heavy atom. The number of benzene rings is 1. The molecule has 1 rings (SSSR count). The first-order valence-electron chi connectivity index (χ1n) is 6.30. The molecule has 0 aliphatic carbocycles. The Kier molecular flexibility index (Phi) is 8.21. The van der Waals surface area contributed by atoms with E-state index in [9.17, 15) is 4.79 Å². The highest BCUT2D eigenvalue weighted by atomic mass is 35.5. The Balaban J connectivity index is 2.06. The summed E-state index contributed by atoms with van der Waals surface area (Å²) in [6, 6.07) is 7.28. The quantitative estimate of drug-likeness (QED) is 0.707. The predicted molar refractivity (Wildman–Crippen MR) is 75.5 cm³/mol. The zero-order valence-electron chi connectivity index (χ0n) is 11.2. The molecule has 0 saturated heterocycles. The van der Waals surface area contributed by atoms with Gasteiger partial charge in [-0.2, -0.15) is 0 Å². The van der Waals surface area contributed by atoms with Gasteiger partial charge in [0.25, 0.3) is 0 Å². The molecular weight excluding hydrogens is 266 g/mol. The average Bonchev–Trinajstić information content (AvgIpc) is 2.40. The van der Waals surface area contributed by atoms with Crippen LogP contribution in [0.1, 0.15) is 12.0 Å². The Labute approximate surface area is 119 Å². The molecule has 0 saturated carbocycles. The van der Waals surface area contributed by atoms with Crippen molar-refractivity contribution in [2.75, 3.05) is 33.5 Å². The van der Waals surface area contributed by atoms with Crippen molar-refractivity contribution in [1.29, 1.82) is 0 Å². The first-order chi connectivity index (χ1) is 9.22. The molecule has 1 aromatic carbocycles. The minimum atomic E-state index is 0.0132. The normalized spacial score (nSPS) is 10.4. The fourth-order valence-electron chi connectivity index (χ4n) is 1.50. The molecule has 0 aliphatic heterocycles. The molecule has 106 valence electrons. The van der Waals surface area contributed by atoms with Gasteiger partial charge in [0, 0.05) is 25.3 Å². The lowest BCUT2D eigenvalue weighted by molar-refractivity contribution is -0.120. The largest absolute Gasteiger partial charge is 0.382 e. The highest BCUT2D eigenvalue weighted by molar-refractivity contribution is 6.30. The third-order valence-corrected chi connectivity index (χ3v) is 2.75. The van der Waals surface area contributed by atoms with Crippen LogP contribution in [0.5, 0.6) is 0 Å². The van der Waals surface area contributed by atoms with Gasteiger partial charge in [-0.05, 0) is 24.1 Å². The van der Waals surface area contributed by atoms with Crippen molar-refractivity contribution in [3.8, 4) is 0 Å². The van der Waals surface area contributed by atoms with Gasteiger partial charge in [0.05, 0.1) is 19.6 Å². The number of hydrogen-bond donors (Lipinski definition) is 1. The number of rotatable bonds is 9. The number of methoxy groups -OCH3 is 1. The molecule has 0 unspecified atom stereocenters. The summed E-state index contributed by atoms with van der Waals surface area (Å²) in [5, 5.41) is 3.53. The molecule has 0 heterocycles. The fourth-order valence-corrected chi connectivity index (χ4v) is 1.62. The number of ether oxygens (including phenoxy) is 2. The molecular formula is C14H20ClNO3. The standard InChI is InChI=1S/C14H20ClNO3/c1-18-9-10-19-8-2-7-16-14(17)11-12-3-5-13(15)6-4-12/h3-6H,2,7-11H2,1H3,(H,16,17). The maximum Gasteiger partial charge on any atom is 0.224 e. The van der Waals surface area contributed by atoms with Crippen molar-refractivity contribution < 1.29 is 14.3 Å². The summed E-state index contributed by atoms with van der Waals surface area (Å²) in [4.78, 5) is 11.6. The third kappa shape index (κ3) is 7.82. The minimum Gasteiger partial charge on any atom is -0.382 e. The molecule has 4 nitrogen and oxygen atoms in total. The zero-order chi connectivity index (χ0) is 13.9. The van der Waals surface area contributed by atoms with E-state index in [0.29, 0.717) is 37.8 Å². The summed E-state index contributed by atoms with van der Waals surface area (Å²) in [5.41, 5.74) is 0.957. The predicted octanol–water partition coefficient (Wildman–Crippen LogP) is 2.05. The van der Waals surface area contributed by atoms with Crippen molar-refractivity contribution in [3.05, 3.63) is 34.9 Å². The number of carbonyl (C=O) groups is 1. The van der Waals surface area contributed by atoms with Crippen LogP contribution in [0.4, 0.5) is 0 Å². The van der Waals surface area contributed by atoms with Crippen LogP contribution in [0.25, 0.3) is 0 Å². The van der Waals surface area contributed by atoms with E-state index >= 15 is 0 Å². The molecule has 0 spiro atoms. The summed E-state index contributed by atoms with van der Waals surface area (Å²) in [6.45, 7) is 2.45. The van der Waals surface area contributed by atoms with Crippen LogP contribution in [0, 0.1) is 0 Å². The number of amides is 1. The van der Waals surface area contributed by atoms with Gasteiger partial charge in [-0.25, -0.2) is 0 Å². The summed E-state index contributed by atoms with van der Waals surface area (Å²) in [6.07, 6.45) is 1.18. The lowest BCUT2D eigenvalue weighted by atomic mass is 10.1. The Hall–Kier alpha value is -1.10. The molecule has 5 heteroatoms. The van der Waals surface area contributed by atoms with Crippen LogP contribution in [0.15, 0.2) is 24.3 Å².